The number of sulfonamides is 1. The van der Waals surface area contributed by atoms with E-state index in [1.165, 1.54) is 0 Å². The molecule has 2 N–H and O–H groups in total. The number of carbonyl (C=O) groups excluding carboxylic acids is 1. The van der Waals surface area contributed by atoms with E-state index in [4.69, 9.17) is 0 Å². The van der Waals surface area contributed by atoms with Gasteiger partial charge in [-0.15, -0.1) is 0 Å². The third-order valence-corrected chi connectivity index (χ3v) is 6.82. The van der Waals surface area contributed by atoms with Crippen molar-refractivity contribution in [2.45, 2.75) is 68.7 Å². The molecule has 6 nitrogen and oxygen atoms in total. The van der Waals surface area contributed by atoms with Crippen molar-refractivity contribution < 1.29 is 13.2 Å². The molecule has 1 heterocycles. The fourth-order valence-electron chi connectivity index (χ4n) is 3.49. The molecular formula is C15H27N3O3S. The van der Waals surface area contributed by atoms with Crippen LogP contribution < -0.4 is 10.0 Å². The predicted molar refractivity (Wildman–Crippen MR) is 84.9 cm³/mol. The SMILES string of the molecule is O=C(CN1CCCC(S(=O)(=O)NC2CCCC2)C1)NC1CC1. The standard InChI is InChI=1S/C15H27N3O3S/c19-15(16-12-7-8-12)11-18-9-3-6-14(10-18)22(20,21)17-13-4-1-2-5-13/h12-14,17H,1-11H2,(H,16,19). The molecule has 0 aromatic rings. The number of piperidine rings is 1. The molecule has 0 aromatic carbocycles. The maximum Gasteiger partial charge on any atom is 0.234 e. The summed E-state index contributed by atoms with van der Waals surface area (Å²) in [5.74, 6) is 0.0318. The number of nitrogens with one attached hydrogen (secondary N) is 2. The highest BCUT2D eigenvalue weighted by Gasteiger charge is 2.34. The molecule has 0 spiro atoms. The summed E-state index contributed by atoms with van der Waals surface area (Å²) in [5.41, 5.74) is 0. The van der Waals surface area contributed by atoms with E-state index in [-0.39, 0.29) is 17.2 Å². The lowest BCUT2D eigenvalue weighted by Crippen LogP contribution is -2.50. The summed E-state index contributed by atoms with van der Waals surface area (Å²) < 4.78 is 27.9. The average Bonchev–Trinajstić information content (AvgIpc) is 3.12. The molecule has 2 aliphatic carbocycles. The van der Waals surface area contributed by atoms with Crippen LogP contribution in [0.5, 0.6) is 0 Å². The van der Waals surface area contributed by atoms with Crippen LogP contribution in [0, 0.1) is 0 Å². The van der Waals surface area contributed by atoms with Crippen molar-refractivity contribution in [3.05, 3.63) is 0 Å². The summed E-state index contributed by atoms with van der Waals surface area (Å²) in [6.45, 7) is 1.61. The highest BCUT2D eigenvalue weighted by Crippen LogP contribution is 2.22. The van der Waals surface area contributed by atoms with Gasteiger partial charge in [0, 0.05) is 18.6 Å². The van der Waals surface area contributed by atoms with Crippen LogP contribution in [-0.4, -0.2) is 56.2 Å². The molecule has 1 amide bonds. The number of likely N-dealkylation sites (tertiary alicyclic amines) is 1. The lowest BCUT2D eigenvalue weighted by molar-refractivity contribution is -0.122. The van der Waals surface area contributed by atoms with E-state index in [2.05, 4.69) is 10.0 Å². The van der Waals surface area contributed by atoms with Crippen molar-refractivity contribution in [1.29, 1.82) is 0 Å². The third kappa shape index (κ3) is 4.43. The van der Waals surface area contributed by atoms with Crippen molar-refractivity contribution in [3.8, 4) is 0 Å². The Morgan fingerprint density at radius 1 is 1.00 bits per heavy atom. The van der Waals surface area contributed by atoms with Crippen molar-refractivity contribution in [1.82, 2.24) is 14.9 Å². The first-order valence-corrected chi connectivity index (χ1v) is 10.1. The van der Waals surface area contributed by atoms with Crippen molar-refractivity contribution in [2.24, 2.45) is 0 Å². The number of hydrogen-bond acceptors (Lipinski definition) is 4. The molecule has 126 valence electrons. The normalized spacial score (nSPS) is 27.9. The highest BCUT2D eigenvalue weighted by molar-refractivity contribution is 7.90. The largest absolute Gasteiger partial charge is 0.352 e. The van der Waals surface area contributed by atoms with Gasteiger partial charge in [-0.3, -0.25) is 9.69 Å². The molecule has 0 aromatic heterocycles. The van der Waals surface area contributed by atoms with Crippen molar-refractivity contribution in [3.63, 3.8) is 0 Å². The summed E-state index contributed by atoms with van der Waals surface area (Å²) in [7, 11) is -3.27. The number of nitrogens with zero attached hydrogens (tertiary/aromatic N) is 1. The molecule has 0 bridgehead atoms. The van der Waals surface area contributed by atoms with Gasteiger partial charge in [0.2, 0.25) is 15.9 Å². The van der Waals surface area contributed by atoms with Crippen LogP contribution in [0.15, 0.2) is 0 Å². The summed E-state index contributed by atoms with van der Waals surface area (Å²) in [6, 6.07) is 0.486. The average molecular weight is 329 g/mol. The topological polar surface area (TPSA) is 78.5 Å². The van der Waals surface area contributed by atoms with Crippen LogP contribution in [-0.2, 0) is 14.8 Å². The van der Waals surface area contributed by atoms with E-state index in [1.54, 1.807) is 0 Å². The van der Waals surface area contributed by atoms with Gasteiger partial charge in [0.25, 0.3) is 0 Å². The van der Waals surface area contributed by atoms with Crippen LogP contribution in [0.2, 0.25) is 0 Å². The molecular weight excluding hydrogens is 302 g/mol. The first-order valence-electron chi connectivity index (χ1n) is 8.56. The number of rotatable bonds is 6. The lowest BCUT2D eigenvalue weighted by atomic mass is 10.1. The third-order valence-electron chi connectivity index (χ3n) is 4.90. The zero-order valence-corrected chi connectivity index (χ0v) is 13.9. The monoisotopic (exact) mass is 329 g/mol. The smallest absolute Gasteiger partial charge is 0.234 e. The molecule has 1 saturated heterocycles. The van der Waals surface area contributed by atoms with E-state index in [9.17, 15) is 13.2 Å². The van der Waals surface area contributed by atoms with Gasteiger partial charge in [-0.2, -0.15) is 0 Å². The zero-order chi connectivity index (χ0) is 15.6. The van der Waals surface area contributed by atoms with Gasteiger partial charge in [-0.1, -0.05) is 12.8 Å². The van der Waals surface area contributed by atoms with E-state index in [0.29, 0.717) is 25.6 Å². The Bertz CT molecular complexity index is 498. The minimum absolute atomic E-state index is 0.0318. The zero-order valence-electron chi connectivity index (χ0n) is 13.1. The van der Waals surface area contributed by atoms with Crippen LogP contribution in [0.25, 0.3) is 0 Å². The first-order chi connectivity index (χ1) is 10.5. The molecule has 0 radical (unpaired) electrons. The van der Waals surface area contributed by atoms with Crippen LogP contribution in [0.4, 0.5) is 0 Å². The van der Waals surface area contributed by atoms with Gasteiger partial charge in [0.05, 0.1) is 11.8 Å². The maximum atomic E-state index is 12.5. The Morgan fingerprint density at radius 2 is 1.73 bits per heavy atom. The fourth-order valence-corrected chi connectivity index (χ4v) is 5.26. The second-order valence-electron chi connectivity index (χ2n) is 6.99. The number of amides is 1. The summed E-state index contributed by atoms with van der Waals surface area (Å²) >= 11 is 0. The van der Waals surface area contributed by atoms with Crippen molar-refractivity contribution >= 4 is 15.9 Å². The maximum absolute atomic E-state index is 12.5. The summed E-state index contributed by atoms with van der Waals surface area (Å²) in [6.07, 6.45) is 7.84. The Labute approximate surface area is 133 Å². The molecule has 3 aliphatic rings. The van der Waals surface area contributed by atoms with Crippen LogP contribution in [0.3, 0.4) is 0 Å². The molecule has 1 unspecified atom stereocenters. The second kappa shape index (κ2) is 6.84. The number of carbonyl (C=O) groups is 1. The van der Waals surface area contributed by atoms with E-state index >= 15 is 0 Å². The minimum atomic E-state index is -3.27. The predicted octanol–water partition coefficient (Wildman–Crippen LogP) is 0.591. The summed E-state index contributed by atoms with van der Waals surface area (Å²) in [5, 5.41) is 2.59. The van der Waals surface area contributed by atoms with Crippen LogP contribution in [0.1, 0.15) is 51.4 Å². The Balaban J connectivity index is 1.51. The number of hydrogen-bond donors (Lipinski definition) is 2. The Morgan fingerprint density at radius 3 is 2.41 bits per heavy atom. The molecule has 7 heteroatoms. The van der Waals surface area contributed by atoms with E-state index in [0.717, 1.165) is 51.5 Å². The molecule has 1 aliphatic heterocycles. The molecule has 3 rings (SSSR count). The quantitative estimate of drug-likeness (QED) is 0.748. The Kier molecular flexibility index (Phi) is 5.04. The molecule has 22 heavy (non-hydrogen) atoms. The van der Waals surface area contributed by atoms with Gasteiger partial charge in [0.15, 0.2) is 0 Å². The minimum Gasteiger partial charge on any atom is -0.352 e. The van der Waals surface area contributed by atoms with Gasteiger partial charge in [-0.05, 0) is 45.1 Å². The lowest BCUT2D eigenvalue weighted by Gasteiger charge is -2.32. The summed E-state index contributed by atoms with van der Waals surface area (Å²) in [4.78, 5) is 13.9. The van der Waals surface area contributed by atoms with Gasteiger partial charge < -0.3 is 5.32 Å². The Hall–Kier alpha value is -0.660. The van der Waals surface area contributed by atoms with Crippen LogP contribution >= 0.6 is 0 Å². The van der Waals surface area contributed by atoms with Crippen molar-refractivity contribution in [2.75, 3.05) is 19.6 Å². The van der Waals surface area contributed by atoms with Gasteiger partial charge >= 0.3 is 0 Å². The van der Waals surface area contributed by atoms with E-state index in [1.807, 2.05) is 4.90 Å². The molecule has 3 fully saturated rings. The molecule has 2 saturated carbocycles. The second-order valence-corrected chi connectivity index (χ2v) is 8.98. The van der Waals surface area contributed by atoms with E-state index < -0.39 is 10.0 Å². The van der Waals surface area contributed by atoms with Gasteiger partial charge in [0.1, 0.15) is 0 Å². The molecule has 1 atom stereocenters. The fraction of sp³-hybridized carbons (Fsp3) is 0.933. The highest BCUT2D eigenvalue weighted by atomic mass is 32.2. The first kappa shape index (κ1) is 16.2. The van der Waals surface area contributed by atoms with Gasteiger partial charge in [-0.25, -0.2) is 13.1 Å².